The maximum absolute atomic E-state index is 9.13. The van der Waals surface area contributed by atoms with Crippen LogP contribution in [0.4, 0.5) is 0 Å². The number of benzene rings is 1. The van der Waals surface area contributed by atoms with Crippen molar-refractivity contribution in [2.45, 2.75) is 32.4 Å². The third-order valence-electron chi connectivity index (χ3n) is 2.54. The Morgan fingerprint density at radius 1 is 1.47 bits per heavy atom. The van der Waals surface area contributed by atoms with E-state index in [-0.39, 0.29) is 6.10 Å². The molecule has 0 aliphatic heterocycles. The number of halogens is 1. The molecule has 0 spiro atoms. The first kappa shape index (κ1) is 14.5. The highest BCUT2D eigenvalue weighted by molar-refractivity contribution is 9.10. The summed E-state index contributed by atoms with van der Waals surface area (Å²) < 4.78 is 6.27. The Bertz CT molecular complexity index is 342. The fraction of sp³-hybridized carbons (Fsp3) is 0.538. The monoisotopic (exact) mass is 301 g/mol. The van der Waals surface area contributed by atoms with E-state index in [1.807, 2.05) is 25.1 Å². The van der Waals surface area contributed by atoms with Crippen LogP contribution in [0, 0.1) is 0 Å². The maximum Gasteiger partial charge on any atom is 0.119 e. The topological polar surface area (TPSA) is 41.5 Å². The van der Waals surface area contributed by atoms with Gasteiger partial charge in [0, 0.05) is 11.0 Å². The standard InChI is InChI=1S/C13H20BrNO2/c1-10(16)4-3-7-15-9-11-8-12(17-2)5-6-13(11)14/h5-6,8,10,15-16H,3-4,7,9H2,1-2H3. The average Bonchev–Trinajstić information content (AvgIpc) is 2.30. The number of hydrogen-bond donors (Lipinski definition) is 2. The molecular weight excluding hydrogens is 282 g/mol. The molecule has 1 unspecified atom stereocenters. The first-order chi connectivity index (χ1) is 8.13. The predicted molar refractivity (Wildman–Crippen MR) is 73.3 cm³/mol. The molecule has 17 heavy (non-hydrogen) atoms. The SMILES string of the molecule is COc1ccc(Br)c(CNCCCC(C)O)c1. The molecule has 4 heteroatoms. The molecule has 0 bridgehead atoms. The number of rotatable bonds is 7. The van der Waals surface area contributed by atoms with Gasteiger partial charge in [-0.1, -0.05) is 15.9 Å². The smallest absolute Gasteiger partial charge is 0.119 e. The molecule has 0 fully saturated rings. The van der Waals surface area contributed by atoms with E-state index < -0.39 is 0 Å². The van der Waals surface area contributed by atoms with Gasteiger partial charge in [-0.05, 0) is 50.1 Å². The molecule has 1 aromatic carbocycles. The highest BCUT2D eigenvalue weighted by Gasteiger charge is 2.02. The summed E-state index contributed by atoms with van der Waals surface area (Å²) in [6, 6.07) is 5.94. The Balaban J connectivity index is 2.35. The zero-order valence-corrected chi connectivity index (χ0v) is 12.0. The summed E-state index contributed by atoms with van der Waals surface area (Å²) in [5.41, 5.74) is 1.18. The second-order valence-corrected chi connectivity index (χ2v) is 4.98. The van der Waals surface area contributed by atoms with Crippen molar-refractivity contribution in [1.29, 1.82) is 0 Å². The summed E-state index contributed by atoms with van der Waals surface area (Å²) in [6.07, 6.45) is 1.62. The summed E-state index contributed by atoms with van der Waals surface area (Å²) in [6.45, 7) is 3.53. The molecular formula is C13H20BrNO2. The molecule has 0 aliphatic rings. The minimum absolute atomic E-state index is 0.208. The van der Waals surface area contributed by atoms with Gasteiger partial charge in [-0.15, -0.1) is 0 Å². The molecule has 1 aromatic rings. The van der Waals surface area contributed by atoms with Gasteiger partial charge >= 0.3 is 0 Å². The van der Waals surface area contributed by atoms with Crippen molar-refractivity contribution >= 4 is 15.9 Å². The molecule has 0 saturated carbocycles. The van der Waals surface area contributed by atoms with Gasteiger partial charge < -0.3 is 15.2 Å². The Hall–Kier alpha value is -0.580. The zero-order valence-electron chi connectivity index (χ0n) is 10.4. The Morgan fingerprint density at radius 3 is 2.88 bits per heavy atom. The molecule has 3 nitrogen and oxygen atoms in total. The van der Waals surface area contributed by atoms with Gasteiger partial charge in [0.25, 0.3) is 0 Å². The average molecular weight is 302 g/mol. The number of methoxy groups -OCH3 is 1. The van der Waals surface area contributed by atoms with E-state index >= 15 is 0 Å². The van der Waals surface area contributed by atoms with E-state index in [0.29, 0.717) is 0 Å². The lowest BCUT2D eigenvalue weighted by molar-refractivity contribution is 0.181. The normalized spacial score (nSPS) is 12.5. The van der Waals surface area contributed by atoms with Crippen LogP contribution in [-0.4, -0.2) is 24.9 Å². The van der Waals surface area contributed by atoms with Crippen molar-refractivity contribution in [1.82, 2.24) is 5.32 Å². The first-order valence-electron chi connectivity index (χ1n) is 5.84. The number of nitrogens with one attached hydrogen (secondary N) is 1. The van der Waals surface area contributed by atoms with E-state index in [9.17, 15) is 0 Å². The fourth-order valence-electron chi connectivity index (χ4n) is 1.56. The molecule has 1 atom stereocenters. The van der Waals surface area contributed by atoms with Crippen LogP contribution in [0.25, 0.3) is 0 Å². The molecule has 0 heterocycles. The lowest BCUT2D eigenvalue weighted by Gasteiger charge is -2.09. The van der Waals surface area contributed by atoms with Crippen molar-refractivity contribution in [3.05, 3.63) is 28.2 Å². The minimum atomic E-state index is -0.208. The molecule has 0 amide bonds. The van der Waals surface area contributed by atoms with Crippen molar-refractivity contribution in [3.8, 4) is 5.75 Å². The van der Waals surface area contributed by atoms with E-state index in [1.54, 1.807) is 7.11 Å². The molecule has 0 aliphatic carbocycles. The molecule has 2 N–H and O–H groups in total. The molecule has 1 rings (SSSR count). The molecule has 0 saturated heterocycles. The summed E-state index contributed by atoms with van der Waals surface area (Å²) in [5.74, 6) is 0.869. The van der Waals surface area contributed by atoms with E-state index in [0.717, 1.165) is 36.2 Å². The van der Waals surface area contributed by atoms with Crippen LogP contribution in [0.3, 0.4) is 0 Å². The highest BCUT2D eigenvalue weighted by Crippen LogP contribution is 2.22. The predicted octanol–water partition coefficient (Wildman–Crippen LogP) is 2.71. The van der Waals surface area contributed by atoms with Crippen LogP contribution >= 0.6 is 15.9 Å². The minimum Gasteiger partial charge on any atom is -0.497 e. The number of ether oxygens (including phenoxy) is 1. The fourth-order valence-corrected chi connectivity index (χ4v) is 1.95. The summed E-state index contributed by atoms with van der Waals surface area (Å²) in [7, 11) is 1.67. The van der Waals surface area contributed by atoms with Gasteiger partial charge in [0.2, 0.25) is 0 Å². The highest BCUT2D eigenvalue weighted by atomic mass is 79.9. The van der Waals surface area contributed by atoms with E-state index in [2.05, 4.69) is 21.2 Å². The van der Waals surface area contributed by atoms with Gasteiger partial charge in [0.15, 0.2) is 0 Å². The molecule has 0 radical (unpaired) electrons. The van der Waals surface area contributed by atoms with Gasteiger partial charge in [-0.3, -0.25) is 0 Å². The van der Waals surface area contributed by atoms with Crippen molar-refractivity contribution in [2.24, 2.45) is 0 Å². The van der Waals surface area contributed by atoms with Crippen LogP contribution in [0.2, 0.25) is 0 Å². The third-order valence-corrected chi connectivity index (χ3v) is 3.32. The van der Waals surface area contributed by atoms with Crippen LogP contribution < -0.4 is 10.1 Å². The largest absolute Gasteiger partial charge is 0.497 e. The van der Waals surface area contributed by atoms with Crippen LogP contribution in [0.15, 0.2) is 22.7 Å². The molecule has 96 valence electrons. The lowest BCUT2D eigenvalue weighted by Crippen LogP contribution is -2.16. The number of hydrogen-bond acceptors (Lipinski definition) is 3. The van der Waals surface area contributed by atoms with Crippen molar-refractivity contribution < 1.29 is 9.84 Å². The van der Waals surface area contributed by atoms with Crippen LogP contribution in [0.1, 0.15) is 25.3 Å². The van der Waals surface area contributed by atoms with Crippen molar-refractivity contribution in [3.63, 3.8) is 0 Å². The summed E-state index contributed by atoms with van der Waals surface area (Å²) in [4.78, 5) is 0. The third kappa shape index (κ3) is 5.52. The summed E-state index contributed by atoms with van der Waals surface area (Å²) in [5, 5.41) is 12.5. The maximum atomic E-state index is 9.13. The van der Waals surface area contributed by atoms with Crippen LogP contribution in [-0.2, 0) is 6.54 Å². The van der Waals surface area contributed by atoms with Gasteiger partial charge in [-0.25, -0.2) is 0 Å². The lowest BCUT2D eigenvalue weighted by atomic mass is 10.2. The van der Waals surface area contributed by atoms with Gasteiger partial charge in [0.1, 0.15) is 5.75 Å². The number of aliphatic hydroxyl groups excluding tert-OH is 1. The Kier molecular flexibility index (Phi) is 6.55. The van der Waals surface area contributed by atoms with E-state index in [1.165, 1.54) is 5.56 Å². The van der Waals surface area contributed by atoms with Gasteiger partial charge in [0.05, 0.1) is 13.2 Å². The Morgan fingerprint density at radius 2 is 2.24 bits per heavy atom. The molecule has 0 aromatic heterocycles. The second kappa shape index (κ2) is 7.69. The zero-order chi connectivity index (χ0) is 12.7. The number of aliphatic hydroxyl groups is 1. The summed E-state index contributed by atoms with van der Waals surface area (Å²) >= 11 is 3.52. The van der Waals surface area contributed by atoms with Crippen LogP contribution in [0.5, 0.6) is 5.75 Å². The quantitative estimate of drug-likeness (QED) is 0.761. The second-order valence-electron chi connectivity index (χ2n) is 4.13. The van der Waals surface area contributed by atoms with E-state index in [4.69, 9.17) is 9.84 Å². The first-order valence-corrected chi connectivity index (χ1v) is 6.64. The van der Waals surface area contributed by atoms with Gasteiger partial charge in [-0.2, -0.15) is 0 Å². The Labute approximate surface area is 111 Å². The van der Waals surface area contributed by atoms with Crippen molar-refractivity contribution in [2.75, 3.05) is 13.7 Å².